The molecule has 2 nitrogen and oxygen atoms in total. The van der Waals surface area contributed by atoms with Crippen molar-refractivity contribution in [3.05, 3.63) is 64.7 Å². The number of pyridine rings is 1. The molecule has 0 aliphatic heterocycles. The molecule has 0 N–H and O–H groups in total. The summed E-state index contributed by atoms with van der Waals surface area (Å²) in [7, 11) is 0. The smallest absolute Gasteiger partial charge is 0.197 e. The van der Waals surface area contributed by atoms with Gasteiger partial charge in [-0.05, 0) is 37.6 Å². The topological polar surface area (TPSA) is 30.0 Å². The molecule has 1 aromatic carbocycles. The second kappa shape index (κ2) is 4.45. The molecule has 0 saturated heterocycles. The van der Waals surface area contributed by atoms with Crippen LogP contribution in [0.15, 0.2) is 36.7 Å². The summed E-state index contributed by atoms with van der Waals surface area (Å²) in [6.07, 6.45) is 3.11. The molecule has 2 aromatic rings. The lowest BCUT2D eigenvalue weighted by Crippen LogP contribution is -2.05. The van der Waals surface area contributed by atoms with Gasteiger partial charge >= 0.3 is 0 Å². The van der Waals surface area contributed by atoms with Crippen LogP contribution in [0.5, 0.6) is 0 Å². The van der Waals surface area contributed by atoms with E-state index in [1.165, 1.54) is 12.3 Å². The second-order valence-electron chi connectivity index (χ2n) is 4.06. The third-order valence-corrected chi connectivity index (χ3v) is 2.50. The summed E-state index contributed by atoms with van der Waals surface area (Å²) in [5.74, 6) is -0.829. The summed E-state index contributed by atoms with van der Waals surface area (Å²) in [5, 5.41) is 0. The first-order valence-electron chi connectivity index (χ1n) is 5.30. The van der Waals surface area contributed by atoms with Crippen molar-refractivity contribution >= 4 is 5.78 Å². The van der Waals surface area contributed by atoms with Gasteiger partial charge in [-0.2, -0.15) is 0 Å². The summed E-state index contributed by atoms with van der Waals surface area (Å²) in [6, 6.07) is 6.21. The van der Waals surface area contributed by atoms with E-state index in [2.05, 4.69) is 4.98 Å². The molecule has 0 bridgehead atoms. The predicted octanol–water partition coefficient (Wildman–Crippen LogP) is 3.07. The molecule has 0 radical (unpaired) electrons. The first-order valence-corrected chi connectivity index (χ1v) is 5.30. The largest absolute Gasteiger partial charge is 0.288 e. The van der Waals surface area contributed by atoms with E-state index < -0.39 is 5.82 Å². The Labute approximate surface area is 99.1 Å². The second-order valence-corrected chi connectivity index (χ2v) is 4.06. The SMILES string of the molecule is Cc1cncc(C(=O)c2cc(C)ccc2F)c1. The van der Waals surface area contributed by atoms with E-state index in [9.17, 15) is 9.18 Å². The zero-order valence-corrected chi connectivity index (χ0v) is 9.70. The Kier molecular flexibility index (Phi) is 3.00. The van der Waals surface area contributed by atoms with Crippen molar-refractivity contribution in [3.63, 3.8) is 0 Å². The molecule has 0 saturated carbocycles. The van der Waals surface area contributed by atoms with Crippen LogP contribution in [0.1, 0.15) is 27.0 Å². The van der Waals surface area contributed by atoms with E-state index >= 15 is 0 Å². The molecule has 17 heavy (non-hydrogen) atoms. The van der Waals surface area contributed by atoms with Crippen molar-refractivity contribution in [3.8, 4) is 0 Å². The number of nitrogens with zero attached hydrogens (tertiary/aromatic N) is 1. The number of aromatic nitrogens is 1. The van der Waals surface area contributed by atoms with Gasteiger partial charge in [-0.15, -0.1) is 0 Å². The average Bonchev–Trinajstić information content (AvgIpc) is 2.31. The zero-order valence-electron chi connectivity index (χ0n) is 9.70. The highest BCUT2D eigenvalue weighted by Crippen LogP contribution is 2.15. The quantitative estimate of drug-likeness (QED) is 0.741. The number of benzene rings is 1. The minimum atomic E-state index is -0.498. The van der Waals surface area contributed by atoms with Crippen LogP contribution in [0.25, 0.3) is 0 Å². The molecule has 1 aromatic heterocycles. The van der Waals surface area contributed by atoms with Crippen LogP contribution in [0.2, 0.25) is 0 Å². The van der Waals surface area contributed by atoms with E-state index in [0.29, 0.717) is 5.56 Å². The molecule has 2 rings (SSSR count). The Bertz CT molecular complexity index is 578. The van der Waals surface area contributed by atoms with Crippen molar-refractivity contribution in [2.75, 3.05) is 0 Å². The minimum absolute atomic E-state index is 0.0948. The number of carbonyl (C=O) groups excluding carboxylic acids is 1. The minimum Gasteiger partial charge on any atom is -0.288 e. The van der Waals surface area contributed by atoms with Crippen LogP contribution in [0, 0.1) is 19.7 Å². The predicted molar refractivity (Wildman–Crippen MR) is 63.5 cm³/mol. The fourth-order valence-electron chi connectivity index (χ4n) is 1.65. The Morgan fingerprint density at radius 2 is 1.88 bits per heavy atom. The number of hydrogen-bond donors (Lipinski definition) is 0. The number of carbonyl (C=O) groups is 1. The highest BCUT2D eigenvalue weighted by Gasteiger charge is 2.14. The number of halogens is 1. The molecule has 0 fully saturated rings. The molecule has 0 spiro atoms. The number of rotatable bonds is 2. The van der Waals surface area contributed by atoms with Crippen molar-refractivity contribution in [1.29, 1.82) is 0 Å². The van der Waals surface area contributed by atoms with E-state index in [0.717, 1.165) is 11.1 Å². The standard InChI is InChI=1S/C14H12FNO/c1-9-3-4-13(15)12(6-9)14(17)11-5-10(2)7-16-8-11/h3-8H,1-2H3. The van der Waals surface area contributed by atoms with Gasteiger partial charge in [0.05, 0.1) is 5.56 Å². The fraction of sp³-hybridized carbons (Fsp3) is 0.143. The maximum absolute atomic E-state index is 13.6. The van der Waals surface area contributed by atoms with Gasteiger partial charge in [-0.3, -0.25) is 9.78 Å². The van der Waals surface area contributed by atoms with E-state index in [-0.39, 0.29) is 11.3 Å². The van der Waals surface area contributed by atoms with Gasteiger partial charge in [-0.25, -0.2) is 4.39 Å². The molecule has 3 heteroatoms. The van der Waals surface area contributed by atoms with Crippen LogP contribution in [0.4, 0.5) is 4.39 Å². The van der Waals surface area contributed by atoms with E-state index in [1.54, 1.807) is 24.4 Å². The zero-order chi connectivity index (χ0) is 12.4. The molecule has 0 aliphatic rings. The lowest BCUT2D eigenvalue weighted by Gasteiger charge is -2.04. The Hall–Kier alpha value is -2.03. The fourth-order valence-corrected chi connectivity index (χ4v) is 1.65. The van der Waals surface area contributed by atoms with Gasteiger partial charge in [0.1, 0.15) is 5.82 Å². The van der Waals surface area contributed by atoms with Crippen LogP contribution < -0.4 is 0 Å². The lowest BCUT2D eigenvalue weighted by atomic mass is 10.0. The van der Waals surface area contributed by atoms with Crippen LogP contribution in [-0.4, -0.2) is 10.8 Å². The van der Waals surface area contributed by atoms with Gasteiger partial charge in [0, 0.05) is 18.0 Å². The number of aryl methyl sites for hydroxylation is 2. The monoisotopic (exact) mass is 229 g/mol. The third-order valence-electron chi connectivity index (χ3n) is 2.50. The van der Waals surface area contributed by atoms with Crippen LogP contribution in [-0.2, 0) is 0 Å². The molecule has 0 unspecified atom stereocenters. The molecule has 0 amide bonds. The summed E-state index contributed by atoms with van der Waals surface area (Å²) in [6.45, 7) is 3.67. The summed E-state index contributed by atoms with van der Waals surface area (Å²) in [5.41, 5.74) is 2.24. The first-order chi connectivity index (χ1) is 8.08. The van der Waals surface area contributed by atoms with Gasteiger partial charge in [0.2, 0.25) is 0 Å². The van der Waals surface area contributed by atoms with Crippen LogP contribution >= 0.6 is 0 Å². The van der Waals surface area contributed by atoms with E-state index in [4.69, 9.17) is 0 Å². The average molecular weight is 229 g/mol. The molecule has 0 atom stereocenters. The Morgan fingerprint density at radius 3 is 2.59 bits per heavy atom. The van der Waals surface area contributed by atoms with E-state index in [1.807, 2.05) is 13.8 Å². The number of ketones is 1. The maximum atomic E-state index is 13.6. The van der Waals surface area contributed by atoms with Gasteiger partial charge in [0.25, 0.3) is 0 Å². The third kappa shape index (κ3) is 2.38. The normalized spacial score (nSPS) is 10.3. The molecule has 86 valence electrons. The molecular formula is C14H12FNO. The first kappa shape index (κ1) is 11.5. The van der Waals surface area contributed by atoms with Crippen molar-refractivity contribution in [1.82, 2.24) is 4.98 Å². The molecule has 0 aliphatic carbocycles. The Balaban J connectivity index is 2.47. The summed E-state index contributed by atoms with van der Waals surface area (Å²) < 4.78 is 13.6. The number of hydrogen-bond acceptors (Lipinski definition) is 2. The van der Waals surface area contributed by atoms with Crippen molar-refractivity contribution in [2.45, 2.75) is 13.8 Å². The summed E-state index contributed by atoms with van der Waals surface area (Å²) >= 11 is 0. The van der Waals surface area contributed by atoms with Gasteiger partial charge in [0.15, 0.2) is 5.78 Å². The van der Waals surface area contributed by atoms with Crippen molar-refractivity contribution in [2.24, 2.45) is 0 Å². The summed E-state index contributed by atoms with van der Waals surface area (Å²) in [4.78, 5) is 16.0. The highest BCUT2D eigenvalue weighted by molar-refractivity contribution is 6.09. The molecule has 1 heterocycles. The maximum Gasteiger partial charge on any atom is 0.197 e. The Morgan fingerprint density at radius 1 is 1.12 bits per heavy atom. The highest BCUT2D eigenvalue weighted by atomic mass is 19.1. The van der Waals surface area contributed by atoms with Crippen LogP contribution in [0.3, 0.4) is 0 Å². The molecular weight excluding hydrogens is 217 g/mol. The van der Waals surface area contributed by atoms with Gasteiger partial charge in [-0.1, -0.05) is 11.6 Å². The van der Waals surface area contributed by atoms with Gasteiger partial charge < -0.3 is 0 Å². The van der Waals surface area contributed by atoms with Crippen molar-refractivity contribution < 1.29 is 9.18 Å². The lowest BCUT2D eigenvalue weighted by molar-refractivity contribution is 0.103.